The summed E-state index contributed by atoms with van der Waals surface area (Å²) in [6.45, 7) is 12.1. The van der Waals surface area contributed by atoms with Gasteiger partial charge in [0, 0.05) is 19.6 Å². The summed E-state index contributed by atoms with van der Waals surface area (Å²) < 4.78 is 0. The summed E-state index contributed by atoms with van der Waals surface area (Å²) in [6.07, 6.45) is 8.79. The fraction of sp³-hybridized carbons (Fsp3) is 1.00. The molecule has 2 aliphatic rings. The molecule has 2 fully saturated rings. The van der Waals surface area contributed by atoms with Crippen molar-refractivity contribution in [2.24, 2.45) is 11.3 Å². The minimum atomic E-state index is -0.476. The highest BCUT2D eigenvalue weighted by Gasteiger charge is 2.38. The van der Waals surface area contributed by atoms with Gasteiger partial charge in [-0.3, -0.25) is 4.90 Å². The van der Waals surface area contributed by atoms with E-state index in [1.165, 1.54) is 45.2 Å². The van der Waals surface area contributed by atoms with Gasteiger partial charge in [0.05, 0.1) is 5.60 Å². The summed E-state index contributed by atoms with van der Waals surface area (Å²) in [4.78, 5) is 2.54. The molecule has 0 spiro atoms. The van der Waals surface area contributed by atoms with E-state index in [1.807, 2.05) is 6.92 Å². The van der Waals surface area contributed by atoms with Crippen molar-refractivity contribution in [3.63, 3.8) is 0 Å². The Kier molecular flexibility index (Phi) is 6.10. The Hall–Kier alpha value is -0.120. The molecule has 0 amide bonds. The van der Waals surface area contributed by atoms with Crippen molar-refractivity contribution in [1.29, 1.82) is 0 Å². The number of piperidine rings is 1. The monoisotopic (exact) mass is 296 g/mol. The molecule has 3 unspecified atom stereocenters. The van der Waals surface area contributed by atoms with Crippen LogP contribution >= 0.6 is 0 Å². The molecule has 1 aliphatic heterocycles. The average molecular weight is 296 g/mol. The normalized spacial score (nSPS) is 38.6. The van der Waals surface area contributed by atoms with E-state index >= 15 is 0 Å². The van der Waals surface area contributed by atoms with Gasteiger partial charge in [0.1, 0.15) is 0 Å². The summed E-state index contributed by atoms with van der Waals surface area (Å²) in [5, 5.41) is 14.1. The van der Waals surface area contributed by atoms with Crippen LogP contribution in [0.2, 0.25) is 0 Å². The lowest BCUT2D eigenvalue weighted by molar-refractivity contribution is -0.0354. The maximum Gasteiger partial charge on any atom is 0.0746 e. The number of nitrogens with zero attached hydrogens (tertiary/aromatic N) is 1. The van der Waals surface area contributed by atoms with Gasteiger partial charge in [-0.25, -0.2) is 0 Å². The lowest BCUT2D eigenvalue weighted by Gasteiger charge is -2.46. The molecule has 2 rings (SSSR count). The van der Waals surface area contributed by atoms with Crippen LogP contribution in [0.5, 0.6) is 0 Å². The zero-order valence-corrected chi connectivity index (χ0v) is 14.5. The van der Waals surface area contributed by atoms with E-state index in [2.05, 4.69) is 24.1 Å². The molecule has 1 saturated carbocycles. The van der Waals surface area contributed by atoms with Gasteiger partial charge in [-0.1, -0.05) is 26.7 Å². The molecule has 3 atom stereocenters. The molecule has 124 valence electrons. The van der Waals surface area contributed by atoms with Crippen LogP contribution < -0.4 is 5.32 Å². The first-order valence-corrected chi connectivity index (χ1v) is 9.10. The summed E-state index contributed by atoms with van der Waals surface area (Å²) >= 11 is 0. The van der Waals surface area contributed by atoms with Gasteiger partial charge >= 0.3 is 0 Å². The molecule has 3 nitrogen and oxygen atoms in total. The van der Waals surface area contributed by atoms with Gasteiger partial charge in [0.15, 0.2) is 0 Å². The predicted octanol–water partition coefficient (Wildman–Crippen LogP) is 3.03. The average Bonchev–Trinajstić information content (AvgIpc) is 2.37. The molecule has 0 bridgehead atoms. The van der Waals surface area contributed by atoms with Crippen molar-refractivity contribution in [2.45, 2.75) is 71.3 Å². The highest BCUT2D eigenvalue weighted by atomic mass is 16.3. The van der Waals surface area contributed by atoms with Crippen molar-refractivity contribution < 1.29 is 5.11 Å². The second-order valence-corrected chi connectivity index (χ2v) is 8.19. The van der Waals surface area contributed by atoms with E-state index in [4.69, 9.17) is 0 Å². The number of aliphatic hydroxyl groups is 1. The molecule has 2 N–H and O–H groups in total. The van der Waals surface area contributed by atoms with Crippen molar-refractivity contribution in [1.82, 2.24) is 10.2 Å². The van der Waals surface area contributed by atoms with Crippen LogP contribution in [0, 0.1) is 11.3 Å². The van der Waals surface area contributed by atoms with Crippen molar-refractivity contribution in [3.05, 3.63) is 0 Å². The van der Waals surface area contributed by atoms with Crippen LogP contribution in [0.3, 0.4) is 0 Å². The number of rotatable bonds is 6. The summed E-state index contributed by atoms with van der Waals surface area (Å²) in [5.74, 6) is 0.854. The smallest absolute Gasteiger partial charge is 0.0746 e. The zero-order chi connectivity index (χ0) is 15.3. The Morgan fingerprint density at radius 2 is 2.10 bits per heavy atom. The third-order valence-electron chi connectivity index (χ3n) is 5.43. The first-order valence-electron chi connectivity index (χ1n) is 9.10. The molecule has 1 heterocycles. The maximum absolute atomic E-state index is 10.4. The van der Waals surface area contributed by atoms with Crippen LogP contribution in [0.1, 0.15) is 65.7 Å². The Labute approximate surface area is 131 Å². The van der Waals surface area contributed by atoms with E-state index < -0.39 is 5.60 Å². The van der Waals surface area contributed by atoms with E-state index in [9.17, 15) is 5.11 Å². The number of hydrogen-bond acceptors (Lipinski definition) is 3. The van der Waals surface area contributed by atoms with Crippen LogP contribution in [-0.2, 0) is 0 Å². The minimum Gasteiger partial charge on any atom is -0.389 e. The molecule has 0 aromatic rings. The molecule has 0 aromatic carbocycles. The van der Waals surface area contributed by atoms with Gasteiger partial charge in [0.25, 0.3) is 0 Å². The third-order valence-corrected chi connectivity index (χ3v) is 5.43. The van der Waals surface area contributed by atoms with Crippen LogP contribution in [-0.4, -0.2) is 48.3 Å². The third kappa shape index (κ3) is 5.22. The molecule has 3 heteroatoms. The Morgan fingerprint density at radius 1 is 1.29 bits per heavy atom. The number of nitrogens with one attached hydrogen (secondary N) is 1. The fourth-order valence-corrected chi connectivity index (χ4v) is 4.59. The van der Waals surface area contributed by atoms with E-state index in [0.29, 0.717) is 5.41 Å². The summed E-state index contributed by atoms with van der Waals surface area (Å²) in [6, 6.07) is 0. The highest BCUT2D eigenvalue weighted by molar-refractivity contribution is 4.92. The zero-order valence-electron chi connectivity index (χ0n) is 14.5. The van der Waals surface area contributed by atoms with Crippen molar-refractivity contribution >= 4 is 0 Å². The molecule has 1 aliphatic carbocycles. The van der Waals surface area contributed by atoms with Gasteiger partial charge in [-0.05, 0) is 63.5 Å². The van der Waals surface area contributed by atoms with Gasteiger partial charge in [0.2, 0.25) is 0 Å². The number of hydrogen-bond donors (Lipinski definition) is 2. The Morgan fingerprint density at radius 3 is 2.76 bits per heavy atom. The predicted molar refractivity (Wildman–Crippen MR) is 89.5 cm³/mol. The summed E-state index contributed by atoms with van der Waals surface area (Å²) in [5.41, 5.74) is -0.0448. The van der Waals surface area contributed by atoms with E-state index in [0.717, 1.165) is 38.4 Å². The molecule has 1 saturated heterocycles. The first-order chi connectivity index (χ1) is 9.95. The topological polar surface area (TPSA) is 35.5 Å². The van der Waals surface area contributed by atoms with Gasteiger partial charge < -0.3 is 10.4 Å². The van der Waals surface area contributed by atoms with Gasteiger partial charge in [-0.15, -0.1) is 0 Å². The largest absolute Gasteiger partial charge is 0.389 e. The van der Waals surface area contributed by atoms with Gasteiger partial charge in [-0.2, -0.15) is 0 Å². The first kappa shape index (κ1) is 17.2. The van der Waals surface area contributed by atoms with Crippen LogP contribution in [0.15, 0.2) is 0 Å². The standard InChI is InChI=1S/C18H36N2O/c1-4-10-19-13-18(9-5-7-16(2)12-18)15-20-11-6-8-17(3,21)14-20/h16,19,21H,4-15H2,1-3H3. The fourth-order valence-electron chi connectivity index (χ4n) is 4.59. The van der Waals surface area contributed by atoms with E-state index in [1.54, 1.807) is 0 Å². The van der Waals surface area contributed by atoms with Crippen LogP contribution in [0.25, 0.3) is 0 Å². The number of likely N-dealkylation sites (tertiary alicyclic amines) is 1. The SMILES string of the molecule is CCCNCC1(CN2CCCC(C)(O)C2)CCCC(C)C1. The van der Waals surface area contributed by atoms with E-state index in [-0.39, 0.29) is 0 Å². The van der Waals surface area contributed by atoms with Crippen LogP contribution in [0.4, 0.5) is 0 Å². The molecule has 0 radical (unpaired) electrons. The second kappa shape index (κ2) is 7.43. The van der Waals surface area contributed by atoms with Crippen molar-refractivity contribution in [3.8, 4) is 0 Å². The molecular weight excluding hydrogens is 260 g/mol. The highest BCUT2D eigenvalue weighted by Crippen LogP contribution is 2.40. The Balaban J connectivity index is 1.97. The summed E-state index contributed by atoms with van der Waals surface area (Å²) in [7, 11) is 0. The lowest BCUT2D eigenvalue weighted by Crippen LogP contribution is -2.53. The molecule has 21 heavy (non-hydrogen) atoms. The molecule has 0 aromatic heterocycles. The molecular formula is C18H36N2O. The lowest BCUT2D eigenvalue weighted by atomic mass is 9.69. The van der Waals surface area contributed by atoms with Crippen molar-refractivity contribution in [2.75, 3.05) is 32.7 Å². The maximum atomic E-state index is 10.4. The minimum absolute atomic E-state index is 0.431. The number of β-amino-alcohol motifs (C(OH)–C–C–N with tert-alkyl or cyclic N) is 1. The quantitative estimate of drug-likeness (QED) is 0.740. The second-order valence-electron chi connectivity index (χ2n) is 8.19. The Bertz CT molecular complexity index is 318.